The molecule has 1 aromatic heterocycles. The van der Waals surface area contributed by atoms with Crippen LogP contribution in [-0.4, -0.2) is 24.1 Å². The first-order valence-electron chi connectivity index (χ1n) is 8.67. The quantitative estimate of drug-likeness (QED) is 0.752. The first-order valence-corrected chi connectivity index (χ1v) is 8.67. The van der Waals surface area contributed by atoms with Gasteiger partial charge in [0.2, 0.25) is 0 Å². The monoisotopic (exact) mass is 289 g/mol. The fourth-order valence-corrected chi connectivity index (χ4v) is 3.08. The third kappa shape index (κ3) is 4.90. The largest absolute Gasteiger partial charge is 0.370 e. The second kappa shape index (κ2) is 8.26. The Morgan fingerprint density at radius 3 is 2.76 bits per heavy atom. The molecule has 3 heteroatoms. The van der Waals surface area contributed by atoms with Crippen LogP contribution in [0.2, 0.25) is 0 Å². The zero-order valence-corrected chi connectivity index (χ0v) is 13.9. The Morgan fingerprint density at radius 2 is 2.10 bits per heavy atom. The van der Waals surface area contributed by atoms with Gasteiger partial charge in [-0.2, -0.15) is 0 Å². The minimum atomic E-state index is 0.727. The topological polar surface area (TPSA) is 28.2 Å². The Balaban J connectivity index is 2.10. The molecule has 3 nitrogen and oxygen atoms in total. The van der Waals surface area contributed by atoms with Crippen LogP contribution in [0.5, 0.6) is 0 Å². The average Bonchev–Trinajstić information content (AvgIpc) is 2.99. The van der Waals surface area contributed by atoms with E-state index in [2.05, 4.69) is 48.1 Å². The summed E-state index contributed by atoms with van der Waals surface area (Å²) in [6.07, 6.45) is 9.80. The summed E-state index contributed by atoms with van der Waals surface area (Å²) in [6.45, 7) is 8.97. The van der Waals surface area contributed by atoms with Crippen molar-refractivity contribution >= 4 is 11.5 Å². The molecule has 0 aromatic carbocycles. The zero-order chi connectivity index (χ0) is 15.1. The highest BCUT2D eigenvalue weighted by Gasteiger charge is 2.23. The highest BCUT2D eigenvalue weighted by Crippen LogP contribution is 2.29. The molecule has 0 atom stereocenters. The number of anilines is 2. The van der Waals surface area contributed by atoms with Crippen molar-refractivity contribution in [2.45, 2.75) is 65.3 Å². The zero-order valence-electron chi connectivity index (χ0n) is 13.9. The Morgan fingerprint density at radius 1 is 1.33 bits per heavy atom. The molecule has 21 heavy (non-hydrogen) atoms. The molecule has 0 radical (unpaired) electrons. The summed E-state index contributed by atoms with van der Waals surface area (Å²) < 4.78 is 0. The Kier molecular flexibility index (Phi) is 6.34. The van der Waals surface area contributed by atoms with Crippen LogP contribution in [0.3, 0.4) is 0 Å². The van der Waals surface area contributed by atoms with Gasteiger partial charge in [-0.3, -0.25) is 0 Å². The summed E-state index contributed by atoms with van der Waals surface area (Å²) in [5.74, 6) is 1.77. The van der Waals surface area contributed by atoms with Crippen LogP contribution >= 0.6 is 0 Å². The van der Waals surface area contributed by atoms with Gasteiger partial charge >= 0.3 is 0 Å². The van der Waals surface area contributed by atoms with Crippen molar-refractivity contribution in [1.29, 1.82) is 0 Å². The molecule has 0 amide bonds. The van der Waals surface area contributed by atoms with Gasteiger partial charge in [-0.15, -0.1) is 0 Å². The normalized spacial score (nSPS) is 15.6. The fourth-order valence-electron chi connectivity index (χ4n) is 3.08. The molecular formula is C18H31N3. The van der Waals surface area contributed by atoms with Crippen LogP contribution in [0.25, 0.3) is 0 Å². The number of aromatic nitrogens is 1. The Labute approximate surface area is 130 Å². The summed E-state index contributed by atoms with van der Waals surface area (Å²) in [5, 5.41) is 3.41. The van der Waals surface area contributed by atoms with Gasteiger partial charge in [0, 0.05) is 37.1 Å². The number of hydrogen-bond acceptors (Lipinski definition) is 3. The van der Waals surface area contributed by atoms with E-state index in [0.29, 0.717) is 0 Å². The molecule has 1 N–H and O–H groups in total. The second-order valence-corrected chi connectivity index (χ2v) is 6.64. The van der Waals surface area contributed by atoms with Crippen molar-refractivity contribution in [3.63, 3.8) is 0 Å². The third-order valence-corrected chi connectivity index (χ3v) is 4.34. The van der Waals surface area contributed by atoms with E-state index in [-0.39, 0.29) is 0 Å². The van der Waals surface area contributed by atoms with Crippen LogP contribution in [-0.2, 0) is 0 Å². The molecule has 1 aliphatic rings. The summed E-state index contributed by atoms with van der Waals surface area (Å²) in [4.78, 5) is 7.07. The molecule has 0 bridgehead atoms. The molecular weight excluding hydrogens is 258 g/mol. The Bertz CT molecular complexity index is 411. The van der Waals surface area contributed by atoms with E-state index in [4.69, 9.17) is 0 Å². The summed E-state index contributed by atoms with van der Waals surface area (Å²) in [5.41, 5.74) is 1.34. The van der Waals surface area contributed by atoms with Crippen LogP contribution in [0.1, 0.15) is 59.3 Å². The molecule has 0 saturated heterocycles. The molecule has 1 aliphatic carbocycles. The lowest BCUT2D eigenvalue weighted by atomic mass is 10.1. The highest BCUT2D eigenvalue weighted by atomic mass is 15.2. The maximum atomic E-state index is 4.44. The van der Waals surface area contributed by atoms with Crippen LogP contribution < -0.4 is 10.2 Å². The number of rotatable bonds is 8. The average molecular weight is 289 g/mol. The number of nitrogens with zero attached hydrogens (tertiary/aromatic N) is 2. The van der Waals surface area contributed by atoms with Crippen molar-refractivity contribution in [3.8, 4) is 0 Å². The standard InChI is InChI=1S/C18H31N3/c1-4-11-19-18-14-17(9-12-20-18)21(13-10-15(2)3)16-7-5-6-8-16/h9,12,14-16H,4-8,10-11,13H2,1-3H3,(H,19,20). The van der Waals surface area contributed by atoms with Gasteiger partial charge in [0.25, 0.3) is 0 Å². The molecule has 0 aliphatic heterocycles. The van der Waals surface area contributed by atoms with E-state index in [9.17, 15) is 0 Å². The Hall–Kier alpha value is -1.25. The number of nitrogens with one attached hydrogen (secondary N) is 1. The number of hydrogen-bond donors (Lipinski definition) is 1. The highest BCUT2D eigenvalue weighted by molar-refractivity contribution is 5.54. The molecule has 1 aromatic rings. The molecule has 0 unspecified atom stereocenters. The van der Waals surface area contributed by atoms with E-state index in [0.717, 1.165) is 30.7 Å². The SMILES string of the molecule is CCCNc1cc(N(CCC(C)C)C2CCCC2)ccn1. The molecule has 2 rings (SSSR count). The lowest BCUT2D eigenvalue weighted by Crippen LogP contribution is -2.34. The molecule has 118 valence electrons. The van der Waals surface area contributed by atoms with Gasteiger partial charge in [-0.05, 0) is 37.7 Å². The van der Waals surface area contributed by atoms with Crippen LogP contribution in [0.15, 0.2) is 18.3 Å². The van der Waals surface area contributed by atoms with E-state index >= 15 is 0 Å². The fraction of sp³-hybridized carbons (Fsp3) is 0.722. The summed E-state index contributed by atoms with van der Waals surface area (Å²) >= 11 is 0. The molecule has 1 saturated carbocycles. The van der Waals surface area contributed by atoms with Crippen molar-refractivity contribution in [2.75, 3.05) is 23.3 Å². The van der Waals surface area contributed by atoms with E-state index in [1.54, 1.807) is 0 Å². The van der Waals surface area contributed by atoms with Crippen molar-refractivity contribution in [1.82, 2.24) is 4.98 Å². The summed E-state index contributed by atoms with van der Waals surface area (Å²) in [7, 11) is 0. The first kappa shape index (κ1) is 16.1. The van der Waals surface area contributed by atoms with Crippen molar-refractivity contribution in [3.05, 3.63) is 18.3 Å². The maximum absolute atomic E-state index is 4.44. The minimum Gasteiger partial charge on any atom is -0.370 e. The predicted octanol–water partition coefficient (Wildman–Crippen LogP) is 4.70. The third-order valence-electron chi connectivity index (χ3n) is 4.34. The van der Waals surface area contributed by atoms with Crippen molar-refractivity contribution < 1.29 is 0 Å². The second-order valence-electron chi connectivity index (χ2n) is 6.64. The van der Waals surface area contributed by atoms with Gasteiger partial charge in [0.1, 0.15) is 5.82 Å². The maximum Gasteiger partial charge on any atom is 0.127 e. The number of pyridine rings is 1. The van der Waals surface area contributed by atoms with Gasteiger partial charge in [-0.25, -0.2) is 4.98 Å². The van der Waals surface area contributed by atoms with E-state index in [1.807, 2.05) is 6.20 Å². The lowest BCUT2D eigenvalue weighted by Gasteiger charge is -2.32. The van der Waals surface area contributed by atoms with Crippen molar-refractivity contribution in [2.24, 2.45) is 5.92 Å². The lowest BCUT2D eigenvalue weighted by molar-refractivity contribution is 0.528. The van der Waals surface area contributed by atoms with E-state index in [1.165, 1.54) is 44.3 Å². The molecule has 0 spiro atoms. The minimum absolute atomic E-state index is 0.727. The van der Waals surface area contributed by atoms with E-state index < -0.39 is 0 Å². The van der Waals surface area contributed by atoms with Gasteiger partial charge < -0.3 is 10.2 Å². The smallest absolute Gasteiger partial charge is 0.127 e. The van der Waals surface area contributed by atoms with Crippen LogP contribution in [0, 0.1) is 5.92 Å². The van der Waals surface area contributed by atoms with Gasteiger partial charge in [0.05, 0.1) is 0 Å². The van der Waals surface area contributed by atoms with Gasteiger partial charge in [-0.1, -0.05) is 33.6 Å². The molecule has 1 fully saturated rings. The predicted molar refractivity (Wildman–Crippen MR) is 92.1 cm³/mol. The molecule has 1 heterocycles. The first-order chi connectivity index (χ1) is 10.2. The van der Waals surface area contributed by atoms with Gasteiger partial charge in [0.15, 0.2) is 0 Å². The summed E-state index contributed by atoms with van der Waals surface area (Å²) in [6, 6.07) is 5.13. The van der Waals surface area contributed by atoms with Crippen LogP contribution in [0.4, 0.5) is 11.5 Å².